The van der Waals surface area contributed by atoms with Gasteiger partial charge in [0.25, 0.3) is 0 Å². The first kappa shape index (κ1) is 28.8. The van der Waals surface area contributed by atoms with E-state index in [1.807, 2.05) is 0 Å². The van der Waals surface area contributed by atoms with E-state index < -0.39 is 24.4 Å². The Labute approximate surface area is 191 Å². The third kappa shape index (κ3) is 14.5. The fraction of sp³-hybridized carbons (Fsp3) is 1.00. The topological polar surface area (TPSA) is 79.2 Å². The lowest BCUT2D eigenvalue weighted by Gasteiger charge is -2.36. The van der Waals surface area contributed by atoms with E-state index in [1.165, 1.54) is 103 Å². The second-order valence-electron chi connectivity index (χ2n) is 9.46. The Morgan fingerprint density at radius 1 is 0.645 bits per heavy atom. The molecule has 0 amide bonds. The maximum absolute atomic E-state index is 10.0. The Morgan fingerprint density at radius 3 is 1.48 bits per heavy atom. The molecule has 5 heteroatoms. The highest BCUT2D eigenvalue weighted by Gasteiger charge is 2.38. The number of hydrogen-bond donors (Lipinski definition) is 3. The Kier molecular flexibility index (Phi) is 19.0. The molecule has 4 atom stereocenters. The minimum atomic E-state index is -1.08. The highest BCUT2D eigenvalue weighted by Crippen LogP contribution is 2.18. The maximum Gasteiger partial charge on any atom is 0.111 e. The van der Waals surface area contributed by atoms with Crippen LogP contribution in [0.3, 0.4) is 0 Å². The standard InChI is InChI=1S/C26H52O5/c1-2-3-4-5-6-7-8-9-10-11-12-13-14-15-16-17-18-19-20-30-24-22-31-23(21-27)25(28)26(24)29/h23-29H,2-22H2,1H3/t23-,24+,25-,26-/m1/s1. The molecule has 31 heavy (non-hydrogen) atoms. The number of aliphatic hydroxyl groups excluding tert-OH is 3. The molecule has 1 fully saturated rings. The summed E-state index contributed by atoms with van der Waals surface area (Å²) in [5.74, 6) is 0. The summed E-state index contributed by atoms with van der Waals surface area (Å²) in [6.45, 7) is 2.80. The monoisotopic (exact) mass is 444 g/mol. The van der Waals surface area contributed by atoms with E-state index in [-0.39, 0.29) is 13.2 Å². The summed E-state index contributed by atoms with van der Waals surface area (Å²) in [6.07, 6.45) is 21.1. The lowest BCUT2D eigenvalue weighted by atomic mass is 10.0. The Bertz CT molecular complexity index is 379. The molecule has 1 aliphatic rings. The van der Waals surface area contributed by atoms with Crippen LogP contribution >= 0.6 is 0 Å². The van der Waals surface area contributed by atoms with Gasteiger partial charge in [0.05, 0.1) is 13.2 Å². The molecule has 3 N–H and O–H groups in total. The van der Waals surface area contributed by atoms with Crippen LogP contribution in [0.2, 0.25) is 0 Å². The van der Waals surface area contributed by atoms with Gasteiger partial charge in [-0.15, -0.1) is 0 Å². The number of rotatable bonds is 21. The largest absolute Gasteiger partial charge is 0.394 e. The zero-order valence-electron chi connectivity index (χ0n) is 20.3. The van der Waals surface area contributed by atoms with Crippen molar-refractivity contribution in [2.24, 2.45) is 0 Å². The molecule has 0 radical (unpaired) electrons. The van der Waals surface area contributed by atoms with Gasteiger partial charge >= 0.3 is 0 Å². The zero-order valence-corrected chi connectivity index (χ0v) is 20.3. The lowest BCUT2D eigenvalue weighted by molar-refractivity contribution is -0.208. The summed E-state index contributed by atoms with van der Waals surface area (Å²) in [5, 5.41) is 28.9. The van der Waals surface area contributed by atoms with Gasteiger partial charge in [-0.2, -0.15) is 0 Å². The SMILES string of the molecule is CCCCCCCCCCCCCCCCCCCCO[C@H]1CO[C@H](CO)[C@@H](O)[C@@H]1O. The molecule has 0 saturated carbocycles. The smallest absolute Gasteiger partial charge is 0.111 e. The van der Waals surface area contributed by atoms with Gasteiger partial charge in [0.2, 0.25) is 0 Å². The van der Waals surface area contributed by atoms with Crippen LogP contribution in [0.5, 0.6) is 0 Å². The number of unbranched alkanes of at least 4 members (excludes halogenated alkanes) is 17. The molecule has 0 aromatic carbocycles. The maximum atomic E-state index is 10.0. The summed E-state index contributed by atoms with van der Waals surface area (Å²) in [6, 6.07) is 0. The second-order valence-corrected chi connectivity index (χ2v) is 9.46. The number of ether oxygens (including phenoxy) is 2. The average Bonchev–Trinajstić information content (AvgIpc) is 2.78. The molecule has 1 aliphatic heterocycles. The van der Waals surface area contributed by atoms with Crippen molar-refractivity contribution < 1.29 is 24.8 Å². The Morgan fingerprint density at radius 2 is 1.06 bits per heavy atom. The van der Waals surface area contributed by atoms with E-state index in [4.69, 9.17) is 14.6 Å². The van der Waals surface area contributed by atoms with Crippen molar-refractivity contribution in [2.45, 2.75) is 147 Å². The molecule has 0 aliphatic carbocycles. The average molecular weight is 445 g/mol. The van der Waals surface area contributed by atoms with Crippen molar-refractivity contribution >= 4 is 0 Å². The van der Waals surface area contributed by atoms with Gasteiger partial charge in [-0.3, -0.25) is 0 Å². The molecule has 1 rings (SSSR count). The first-order chi connectivity index (χ1) is 15.2. The van der Waals surface area contributed by atoms with Gasteiger partial charge in [0.1, 0.15) is 24.4 Å². The van der Waals surface area contributed by atoms with Gasteiger partial charge in [0.15, 0.2) is 0 Å². The fourth-order valence-electron chi connectivity index (χ4n) is 4.40. The van der Waals surface area contributed by atoms with Crippen molar-refractivity contribution in [1.82, 2.24) is 0 Å². The van der Waals surface area contributed by atoms with E-state index in [0.717, 1.165) is 12.8 Å². The van der Waals surface area contributed by atoms with Crippen LogP contribution < -0.4 is 0 Å². The van der Waals surface area contributed by atoms with Crippen LogP contribution in [-0.4, -0.2) is 59.6 Å². The summed E-state index contributed by atoms with van der Waals surface area (Å²) < 4.78 is 11.0. The van der Waals surface area contributed by atoms with Gasteiger partial charge in [-0.05, 0) is 6.42 Å². The van der Waals surface area contributed by atoms with Crippen molar-refractivity contribution in [3.05, 3.63) is 0 Å². The van der Waals surface area contributed by atoms with Crippen LogP contribution in [0.4, 0.5) is 0 Å². The van der Waals surface area contributed by atoms with Gasteiger partial charge < -0.3 is 24.8 Å². The first-order valence-electron chi connectivity index (χ1n) is 13.4. The van der Waals surface area contributed by atoms with Crippen LogP contribution in [-0.2, 0) is 9.47 Å². The molecular weight excluding hydrogens is 392 g/mol. The molecule has 186 valence electrons. The van der Waals surface area contributed by atoms with Crippen molar-refractivity contribution in [2.75, 3.05) is 19.8 Å². The van der Waals surface area contributed by atoms with Crippen LogP contribution in [0.1, 0.15) is 122 Å². The van der Waals surface area contributed by atoms with E-state index in [9.17, 15) is 10.2 Å². The first-order valence-corrected chi connectivity index (χ1v) is 13.4. The predicted octanol–water partition coefficient (Wildman–Crippen LogP) is 5.53. The van der Waals surface area contributed by atoms with Crippen molar-refractivity contribution in [3.8, 4) is 0 Å². The summed E-state index contributed by atoms with van der Waals surface area (Å²) in [5.41, 5.74) is 0. The van der Waals surface area contributed by atoms with E-state index in [0.29, 0.717) is 6.61 Å². The fourth-order valence-corrected chi connectivity index (χ4v) is 4.40. The molecule has 1 saturated heterocycles. The lowest BCUT2D eigenvalue weighted by Crippen LogP contribution is -2.55. The number of hydrogen-bond acceptors (Lipinski definition) is 5. The molecule has 1 heterocycles. The van der Waals surface area contributed by atoms with Crippen LogP contribution in [0, 0.1) is 0 Å². The quantitative estimate of drug-likeness (QED) is 0.203. The molecule has 0 spiro atoms. The number of aliphatic hydroxyl groups is 3. The van der Waals surface area contributed by atoms with Gasteiger partial charge in [-0.1, -0.05) is 116 Å². The normalized spacial score (nSPS) is 24.0. The third-order valence-electron chi connectivity index (χ3n) is 6.60. The molecule has 0 aromatic rings. The van der Waals surface area contributed by atoms with Gasteiger partial charge in [-0.25, -0.2) is 0 Å². The minimum absolute atomic E-state index is 0.225. The zero-order chi connectivity index (χ0) is 22.6. The highest BCUT2D eigenvalue weighted by molar-refractivity contribution is 4.87. The summed E-state index contributed by atoms with van der Waals surface area (Å²) in [4.78, 5) is 0. The molecule has 0 unspecified atom stereocenters. The van der Waals surface area contributed by atoms with E-state index >= 15 is 0 Å². The van der Waals surface area contributed by atoms with E-state index in [2.05, 4.69) is 6.92 Å². The Hall–Kier alpha value is -0.200. The molecule has 0 aromatic heterocycles. The predicted molar refractivity (Wildman–Crippen MR) is 127 cm³/mol. The highest BCUT2D eigenvalue weighted by atomic mass is 16.6. The molecule has 0 bridgehead atoms. The minimum Gasteiger partial charge on any atom is -0.394 e. The van der Waals surface area contributed by atoms with Crippen LogP contribution in [0.25, 0.3) is 0 Å². The Balaban J connectivity index is 1.76. The molecule has 5 nitrogen and oxygen atoms in total. The van der Waals surface area contributed by atoms with Gasteiger partial charge in [0, 0.05) is 6.61 Å². The summed E-state index contributed by atoms with van der Waals surface area (Å²) in [7, 11) is 0. The van der Waals surface area contributed by atoms with Crippen molar-refractivity contribution in [1.29, 1.82) is 0 Å². The van der Waals surface area contributed by atoms with Crippen molar-refractivity contribution in [3.63, 3.8) is 0 Å². The molecular formula is C26H52O5. The third-order valence-corrected chi connectivity index (χ3v) is 6.60. The van der Waals surface area contributed by atoms with Crippen LogP contribution in [0.15, 0.2) is 0 Å². The summed E-state index contributed by atoms with van der Waals surface area (Å²) >= 11 is 0. The second kappa shape index (κ2) is 20.4. The van der Waals surface area contributed by atoms with E-state index in [1.54, 1.807) is 0 Å².